The van der Waals surface area contributed by atoms with Crippen molar-refractivity contribution >= 4 is 52.9 Å². The van der Waals surface area contributed by atoms with Crippen molar-refractivity contribution in [1.82, 2.24) is 20.0 Å². The van der Waals surface area contributed by atoms with Gasteiger partial charge in [0.15, 0.2) is 5.96 Å². The minimum Gasteiger partial charge on any atom is -0.351 e. The Bertz CT molecular complexity index is 771. The third kappa shape index (κ3) is 4.76. The number of hydrogen-bond donors (Lipinski definition) is 1. The molecule has 9 heteroatoms. The van der Waals surface area contributed by atoms with E-state index in [2.05, 4.69) is 34.5 Å². The molecule has 1 fully saturated rings. The van der Waals surface area contributed by atoms with Gasteiger partial charge in [0.1, 0.15) is 6.54 Å². The second kappa shape index (κ2) is 9.36. The lowest BCUT2D eigenvalue weighted by atomic mass is 10.3. The summed E-state index contributed by atoms with van der Waals surface area (Å²) in [5, 5.41) is 7.51. The second-order valence-electron chi connectivity index (χ2n) is 5.96. The summed E-state index contributed by atoms with van der Waals surface area (Å²) in [6.07, 6.45) is 4.65. The highest BCUT2D eigenvalue weighted by atomic mass is 127. The minimum atomic E-state index is 0. The molecule has 26 heavy (non-hydrogen) atoms. The molecule has 0 atom stereocenters. The van der Waals surface area contributed by atoms with E-state index in [9.17, 15) is 4.79 Å². The van der Waals surface area contributed by atoms with Gasteiger partial charge in [0.25, 0.3) is 0 Å². The molecule has 0 aromatic carbocycles. The van der Waals surface area contributed by atoms with Gasteiger partial charge in [-0.2, -0.15) is 5.10 Å². The van der Waals surface area contributed by atoms with Crippen LogP contribution in [0.2, 0.25) is 0 Å². The number of halogens is 1. The van der Waals surface area contributed by atoms with Crippen LogP contribution in [0.1, 0.15) is 16.7 Å². The molecule has 1 saturated heterocycles. The smallest absolute Gasteiger partial charge is 0.246 e. The highest BCUT2D eigenvalue weighted by molar-refractivity contribution is 14.0. The van der Waals surface area contributed by atoms with Gasteiger partial charge in [0, 0.05) is 43.1 Å². The molecule has 0 spiro atoms. The first kappa shape index (κ1) is 20.7. The van der Waals surface area contributed by atoms with E-state index in [1.165, 1.54) is 9.75 Å². The van der Waals surface area contributed by atoms with Crippen LogP contribution in [0.4, 0.5) is 5.69 Å². The third-order valence-corrected chi connectivity index (χ3v) is 5.45. The Balaban J connectivity index is 0.00000243. The van der Waals surface area contributed by atoms with Crippen molar-refractivity contribution in [1.29, 1.82) is 0 Å². The van der Waals surface area contributed by atoms with E-state index in [0.717, 1.165) is 31.2 Å². The van der Waals surface area contributed by atoms with E-state index in [-0.39, 0.29) is 29.9 Å². The Morgan fingerprint density at radius 1 is 1.35 bits per heavy atom. The number of carbonyl (C=O) groups excluding carboxylic acids is 1. The molecular weight excluding hydrogens is 463 g/mol. The summed E-state index contributed by atoms with van der Waals surface area (Å²) in [6, 6.07) is 4.32. The van der Waals surface area contributed by atoms with Gasteiger partial charge < -0.3 is 15.1 Å². The number of aromatic nitrogens is 2. The molecular formula is C17H25IN6OS. The van der Waals surface area contributed by atoms with Crippen LogP contribution in [0.5, 0.6) is 0 Å². The number of thiophene rings is 1. The molecule has 0 aliphatic carbocycles. The molecule has 1 aliphatic rings. The second-order valence-corrected chi connectivity index (χ2v) is 7.21. The molecule has 0 saturated carbocycles. The third-order valence-electron chi connectivity index (χ3n) is 4.22. The number of anilines is 1. The molecule has 2 aromatic heterocycles. The van der Waals surface area contributed by atoms with Crippen molar-refractivity contribution in [3.8, 4) is 0 Å². The fourth-order valence-corrected chi connectivity index (χ4v) is 3.78. The molecule has 1 amide bonds. The minimum absolute atomic E-state index is 0. The van der Waals surface area contributed by atoms with Crippen molar-refractivity contribution in [2.45, 2.75) is 19.9 Å². The van der Waals surface area contributed by atoms with Gasteiger partial charge in [-0.1, -0.05) is 6.92 Å². The number of rotatable bonds is 4. The largest absolute Gasteiger partial charge is 0.351 e. The van der Waals surface area contributed by atoms with Crippen molar-refractivity contribution in [3.05, 3.63) is 34.3 Å². The number of carbonyl (C=O) groups is 1. The monoisotopic (exact) mass is 488 g/mol. The number of hydrogen-bond acceptors (Lipinski definition) is 4. The molecule has 3 rings (SSSR count). The Morgan fingerprint density at radius 2 is 2.12 bits per heavy atom. The van der Waals surface area contributed by atoms with E-state index < -0.39 is 0 Å². The molecule has 2 aromatic rings. The normalized spacial score (nSPS) is 15.2. The number of nitrogens with one attached hydrogen (secondary N) is 1. The number of piperazine rings is 1. The molecule has 0 radical (unpaired) electrons. The van der Waals surface area contributed by atoms with Gasteiger partial charge >= 0.3 is 0 Å². The highest BCUT2D eigenvalue weighted by Gasteiger charge is 2.27. The highest BCUT2D eigenvalue weighted by Crippen LogP contribution is 2.18. The quantitative estimate of drug-likeness (QED) is 0.407. The van der Waals surface area contributed by atoms with E-state index >= 15 is 0 Å². The van der Waals surface area contributed by atoms with Gasteiger partial charge in [-0.25, -0.2) is 0 Å². The van der Waals surface area contributed by atoms with Crippen LogP contribution in [-0.4, -0.2) is 53.2 Å². The Morgan fingerprint density at radius 3 is 2.69 bits per heavy atom. The van der Waals surface area contributed by atoms with Crippen molar-refractivity contribution in [3.63, 3.8) is 0 Å². The zero-order chi connectivity index (χ0) is 17.8. The van der Waals surface area contributed by atoms with Crippen molar-refractivity contribution in [2.24, 2.45) is 12.0 Å². The zero-order valence-electron chi connectivity index (χ0n) is 15.3. The molecule has 1 N–H and O–H groups in total. The van der Waals surface area contributed by atoms with Crippen LogP contribution < -0.4 is 10.2 Å². The lowest BCUT2D eigenvalue weighted by molar-refractivity contribution is -0.120. The maximum Gasteiger partial charge on any atom is 0.246 e. The Kier molecular flexibility index (Phi) is 7.44. The fraction of sp³-hybridized carbons (Fsp3) is 0.471. The Labute approximate surface area is 175 Å². The average molecular weight is 488 g/mol. The summed E-state index contributed by atoms with van der Waals surface area (Å²) in [5.74, 6) is 0.831. The standard InChI is InChI=1S/C17H24N6OS.HI/c1-4-14-5-6-15(25-14)10-19-17(18-2)22-7-8-23(16(24)12-22)13-9-20-21(3)11-13;/h5-6,9,11H,4,7-8,10,12H2,1-3H3,(H,18,19);1H. The fourth-order valence-electron chi connectivity index (χ4n) is 2.88. The summed E-state index contributed by atoms with van der Waals surface area (Å²) < 4.78 is 1.71. The van der Waals surface area contributed by atoms with E-state index in [1.54, 1.807) is 22.8 Å². The molecule has 7 nitrogen and oxygen atoms in total. The maximum atomic E-state index is 12.5. The average Bonchev–Trinajstić information content (AvgIpc) is 3.24. The van der Waals surface area contributed by atoms with Crippen LogP contribution in [0.15, 0.2) is 29.5 Å². The van der Waals surface area contributed by atoms with Crippen LogP contribution >= 0.6 is 35.3 Å². The van der Waals surface area contributed by atoms with E-state index in [4.69, 9.17) is 0 Å². The summed E-state index contributed by atoms with van der Waals surface area (Å²) in [4.78, 5) is 23.3. The molecule has 3 heterocycles. The van der Waals surface area contributed by atoms with Gasteiger partial charge in [-0.05, 0) is 18.6 Å². The van der Waals surface area contributed by atoms with Crippen molar-refractivity contribution in [2.75, 3.05) is 31.6 Å². The van der Waals surface area contributed by atoms with E-state index in [0.29, 0.717) is 13.1 Å². The number of aryl methyl sites for hydroxylation is 2. The van der Waals surface area contributed by atoms with Gasteiger partial charge in [0.05, 0.1) is 18.4 Å². The first-order chi connectivity index (χ1) is 12.1. The summed E-state index contributed by atoms with van der Waals surface area (Å²) in [6.45, 7) is 4.58. The number of guanidine groups is 1. The molecule has 0 bridgehead atoms. The first-order valence-electron chi connectivity index (χ1n) is 8.43. The summed E-state index contributed by atoms with van der Waals surface area (Å²) in [5.41, 5.74) is 0.848. The van der Waals surface area contributed by atoms with Crippen LogP contribution in [0.3, 0.4) is 0 Å². The van der Waals surface area contributed by atoms with Crippen molar-refractivity contribution < 1.29 is 4.79 Å². The van der Waals surface area contributed by atoms with Gasteiger partial charge in [-0.3, -0.25) is 14.5 Å². The van der Waals surface area contributed by atoms with E-state index in [1.807, 2.05) is 29.5 Å². The van der Waals surface area contributed by atoms with Gasteiger partial charge in [-0.15, -0.1) is 35.3 Å². The molecule has 0 unspecified atom stereocenters. The van der Waals surface area contributed by atoms with Crippen LogP contribution in [-0.2, 0) is 24.8 Å². The first-order valence-corrected chi connectivity index (χ1v) is 9.24. The van der Waals surface area contributed by atoms with Gasteiger partial charge in [0.2, 0.25) is 5.91 Å². The zero-order valence-corrected chi connectivity index (χ0v) is 18.5. The number of amides is 1. The Hall–Kier alpha value is -1.62. The predicted molar refractivity (Wildman–Crippen MR) is 116 cm³/mol. The maximum absolute atomic E-state index is 12.5. The molecule has 1 aliphatic heterocycles. The summed E-state index contributed by atoms with van der Waals surface area (Å²) >= 11 is 1.81. The number of aliphatic imine (C=N–C) groups is 1. The predicted octanol–water partition coefficient (Wildman–Crippen LogP) is 2.09. The molecule has 142 valence electrons. The topological polar surface area (TPSA) is 65.8 Å². The van der Waals surface area contributed by atoms with Crippen LogP contribution in [0, 0.1) is 0 Å². The number of nitrogens with zero attached hydrogens (tertiary/aromatic N) is 5. The van der Waals surface area contributed by atoms with Crippen LogP contribution in [0.25, 0.3) is 0 Å². The lowest BCUT2D eigenvalue weighted by Gasteiger charge is -2.35. The lowest BCUT2D eigenvalue weighted by Crippen LogP contribution is -2.55. The SMILES string of the molecule is CCc1ccc(CNC(=NC)N2CCN(c3cnn(C)c3)C(=O)C2)s1.I. The summed E-state index contributed by atoms with van der Waals surface area (Å²) in [7, 11) is 3.61.